The van der Waals surface area contributed by atoms with Crippen LogP contribution >= 0.6 is 58.0 Å². The molecule has 172 valence electrons. The minimum Gasteiger partial charge on any atom is -0.464 e. The normalized spacial score (nSPS) is 9.42. The number of hydrogen-bond acceptors (Lipinski definition) is 12. The van der Waals surface area contributed by atoms with Crippen molar-refractivity contribution in [3.8, 4) is 6.01 Å². The van der Waals surface area contributed by atoms with Crippen LogP contribution in [-0.2, 0) is 19.1 Å². The van der Waals surface area contributed by atoms with E-state index in [1.54, 1.807) is 13.8 Å². The van der Waals surface area contributed by atoms with E-state index in [0.29, 0.717) is 6.61 Å². The maximum atomic E-state index is 10.9. The molecule has 0 fully saturated rings. The molecule has 0 saturated carbocycles. The fourth-order valence-corrected chi connectivity index (χ4v) is 2.17. The largest absolute Gasteiger partial charge is 0.464 e. The molecule has 1 N–H and O–H groups in total. The van der Waals surface area contributed by atoms with Crippen LogP contribution in [0.4, 0.5) is 0 Å². The standard InChI is InChI=1S/C7H7Cl2N3O3.C4H8O3.C3Cl3N3/c1-2-14-4(13)3-15-7-11-5(8)10-6(9)12-7;1-2-7-4(6)3-5;4-1-7-2(5)9-3(6)8-1/h2-3H2,1H3;5H,2-3H2,1H3;. The number of carbonyl (C=O) groups is 2. The number of hydrogen-bond donors (Lipinski definition) is 1. The first kappa shape index (κ1) is 29.2. The molecule has 0 aromatic carbocycles. The lowest BCUT2D eigenvalue weighted by atomic mass is 10.7. The Bertz CT molecular complexity index is 779. The van der Waals surface area contributed by atoms with Crippen molar-refractivity contribution in [3.63, 3.8) is 0 Å². The molecule has 0 bridgehead atoms. The van der Waals surface area contributed by atoms with Crippen molar-refractivity contribution < 1.29 is 28.9 Å². The summed E-state index contributed by atoms with van der Waals surface area (Å²) in [4.78, 5) is 41.9. The van der Waals surface area contributed by atoms with Gasteiger partial charge in [-0.3, -0.25) is 0 Å². The Balaban J connectivity index is 0.000000479. The first-order valence-electron chi connectivity index (χ1n) is 7.95. The summed E-state index contributed by atoms with van der Waals surface area (Å²) in [7, 11) is 0. The van der Waals surface area contributed by atoms with E-state index >= 15 is 0 Å². The third kappa shape index (κ3) is 15.6. The predicted molar refractivity (Wildman–Crippen MR) is 111 cm³/mol. The Morgan fingerprint density at radius 3 is 1.39 bits per heavy atom. The second kappa shape index (κ2) is 16.8. The van der Waals surface area contributed by atoms with Gasteiger partial charge in [-0.05, 0) is 71.9 Å². The second-order valence-corrected chi connectivity index (χ2v) is 6.05. The van der Waals surface area contributed by atoms with Gasteiger partial charge in [0.2, 0.25) is 26.4 Å². The van der Waals surface area contributed by atoms with Gasteiger partial charge in [0.25, 0.3) is 0 Å². The van der Waals surface area contributed by atoms with Gasteiger partial charge in [-0.15, -0.1) is 0 Å². The summed E-state index contributed by atoms with van der Waals surface area (Å²) in [6.07, 6.45) is 0. The van der Waals surface area contributed by atoms with E-state index in [-0.39, 0.29) is 45.6 Å². The SMILES string of the molecule is CCOC(=O)CO.CCOC(=O)COc1nc(Cl)nc(Cl)n1.Clc1nc(Cl)nc(Cl)n1. The van der Waals surface area contributed by atoms with Gasteiger partial charge >= 0.3 is 17.9 Å². The van der Waals surface area contributed by atoms with Gasteiger partial charge in [0, 0.05) is 0 Å². The second-order valence-electron chi connectivity index (χ2n) is 4.36. The molecule has 0 atom stereocenters. The highest BCUT2D eigenvalue weighted by atomic mass is 35.5. The zero-order chi connectivity index (χ0) is 23.8. The summed E-state index contributed by atoms with van der Waals surface area (Å²) >= 11 is 26.9. The Morgan fingerprint density at radius 1 is 0.710 bits per heavy atom. The van der Waals surface area contributed by atoms with Crippen LogP contribution < -0.4 is 4.74 Å². The quantitative estimate of drug-likeness (QED) is 0.534. The highest BCUT2D eigenvalue weighted by Gasteiger charge is 2.07. The summed E-state index contributed by atoms with van der Waals surface area (Å²) in [5.74, 6) is -1.09. The van der Waals surface area contributed by atoms with E-state index in [1.807, 2.05) is 0 Å². The molecule has 0 aliphatic heterocycles. The molecule has 2 aromatic heterocycles. The van der Waals surface area contributed by atoms with Crippen LogP contribution in [0.5, 0.6) is 6.01 Å². The van der Waals surface area contributed by atoms with E-state index in [1.165, 1.54) is 0 Å². The number of ether oxygens (including phenoxy) is 3. The van der Waals surface area contributed by atoms with Crippen molar-refractivity contribution in [2.45, 2.75) is 13.8 Å². The molecule has 31 heavy (non-hydrogen) atoms. The molecule has 0 aliphatic rings. The minimum atomic E-state index is -0.567. The maximum absolute atomic E-state index is 10.9. The molecule has 0 amide bonds. The average Bonchev–Trinajstić information content (AvgIpc) is 2.66. The molecular weight excluding hydrogens is 525 g/mol. The van der Waals surface area contributed by atoms with E-state index in [2.05, 4.69) is 39.4 Å². The highest BCUT2D eigenvalue weighted by Crippen LogP contribution is 2.11. The Labute approximate surface area is 201 Å². The number of nitrogens with zero attached hydrogens (tertiary/aromatic N) is 6. The van der Waals surface area contributed by atoms with Crippen molar-refractivity contribution in [1.29, 1.82) is 0 Å². The van der Waals surface area contributed by atoms with Gasteiger partial charge in [-0.25, -0.2) is 9.59 Å². The molecule has 2 aromatic rings. The maximum Gasteiger partial charge on any atom is 0.344 e. The lowest BCUT2D eigenvalue weighted by Crippen LogP contribution is -2.15. The van der Waals surface area contributed by atoms with Crippen molar-refractivity contribution in [3.05, 3.63) is 26.4 Å². The molecule has 0 radical (unpaired) electrons. The summed E-state index contributed by atoms with van der Waals surface area (Å²) in [6, 6.07) is -0.118. The summed E-state index contributed by atoms with van der Waals surface area (Å²) in [5, 5.41) is 7.79. The molecule has 12 nitrogen and oxygen atoms in total. The molecular formula is C14H15Cl5N6O6. The van der Waals surface area contributed by atoms with Crippen LogP contribution in [0, 0.1) is 0 Å². The van der Waals surface area contributed by atoms with Crippen LogP contribution in [0.1, 0.15) is 13.8 Å². The van der Waals surface area contributed by atoms with Gasteiger partial charge in [-0.2, -0.15) is 29.9 Å². The molecule has 2 rings (SSSR count). The number of aromatic nitrogens is 6. The lowest BCUT2D eigenvalue weighted by molar-refractivity contribution is -0.146. The van der Waals surface area contributed by atoms with Gasteiger partial charge in [-0.1, -0.05) is 0 Å². The lowest BCUT2D eigenvalue weighted by Gasteiger charge is -2.03. The fourth-order valence-electron chi connectivity index (χ4n) is 1.21. The smallest absolute Gasteiger partial charge is 0.344 e. The van der Waals surface area contributed by atoms with Crippen LogP contribution in [0.15, 0.2) is 0 Å². The predicted octanol–water partition coefficient (Wildman–Crippen LogP) is 2.49. The summed E-state index contributed by atoms with van der Waals surface area (Å²) < 4.78 is 13.8. The summed E-state index contributed by atoms with van der Waals surface area (Å²) in [6.45, 7) is 3.17. The topological polar surface area (TPSA) is 159 Å². The Kier molecular flexibility index (Phi) is 15.8. The molecule has 0 unspecified atom stereocenters. The Morgan fingerprint density at radius 2 is 1.06 bits per heavy atom. The van der Waals surface area contributed by atoms with E-state index in [9.17, 15) is 9.59 Å². The third-order valence-electron chi connectivity index (χ3n) is 2.17. The zero-order valence-corrected chi connectivity index (χ0v) is 19.7. The van der Waals surface area contributed by atoms with Crippen LogP contribution in [0.2, 0.25) is 26.4 Å². The van der Waals surface area contributed by atoms with E-state index in [0.717, 1.165) is 0 Å². The number of aliphatic hydroxyl groups is 1. The highest BCUT2D eigenvalue weighted by molar-refractivity contribution is 6.33. The van der Waals surface area contributed by atoms with Crippen molar-refractivity contribution in [2.75, 3.05) is 26.4 Å². The number of halogens is 5. The minimum absolute atomic E-state index is 0.000000000000000444. The molecule has 0 aliphatic carbocycles. The van der Waals surface area contributed by atoms with Crippen molar-refractivity contribution in [1.82, 2.24) is 29.9 Å². The summed E-state index contributed by atoms with van der Waals surface area (Å²) in [5.41, 5.74) is 0. The van der Waals surface area contributed by atoms with Crippen LogP contribution in [0.3, 0.4) is 0 Å². The average molecular weight is 541 g/mol. The van der Waals surface area contributed by atoms with Gasteiger partial charge < -0.3 is 19.3 Å². The number of aliphatic hydroxyl groups excluding tert-OH is 1. The molecule has 2 heterocycles. The number of esters is 2. The van der Waals surface area contributed by atoms with Crippen LogP contribution in [0.25, 0.3) is 0 Å². The first-order valence-corrected chi connectivity index (χ1v) is 9.84. The van der Waals surface area contributed by atoms with Gasteiger partial charge in [0.05, 0.1) is 13.2 Å². The van der Waals surface area contributed by atoms with Gasteiger partial charge in [0.1, 0.15) is 6.61 Å². The molecule has 0 spiro atoms. The van der Waals surface area contributed by atoms with Gasteiger partial charge in [0.15, 0.2) is 6.61 Å². The van der Waals surface area contributed by atoms with Crippen molar-refractivity contribution in [2.24, 2.45) is 0 Å². The Hall–Kier alpha value is -1.83. The number of carbonyl (C=O) groups excluding carboxylic acids is 2. The molecule has 17 heteroatoms. The zero-order valence-electron chi connectivity index (χ0n) is 15.9. The monoisotopic (exact) mass is 538 g/mol. The van der Waals surface area contributed by atoms with E-state index in [4.69, 9.17) is 67.8 Å². The molecule has 0 saturated heterocycles. The number of rotatable bonds is 6. The van der Waals surface area contributed by atoms with Crippen molar-refractivity contribution >= 4 is 69.9 Å². The third-order valence-corrected chi connectivity index (χ3v) is 3.02. The first-order chi connectivity index (χ1) is 14.6. The van der Waals surface area contributed by atoms with Crippen LogP contribution in [-0.4, -0.2) is 73.4 Å². The fraction of sp³-hybridized carbons (Fsp3) is 0.429. The van der Waals surface area contributed by atoms with E-state index < -0.39 is 18.5 Å².